The summed E-state index contributed by atoms with van der Waals surface area (Å²) in [6, 6.07) is 9.85. The van der Waals surface area contributed by atoms with Crippen molar-refractivity contribution in [2.45, 2.75) is 50.7 Å². The maximum atomic E-state index is 12.6. The van der Waals surface area contributed by atoms with Crippen molar-refractivity contribution in [1.29, 1.82) is 0 Å². The average molecular weight is 372 g/mol. The SMILES string of the molecule is CC(C)C(C)NC(=O)CSc1cc(C(=O)NC2CC2)c2ccccc2n1. The zero-order chi connectivity index (χ0) is 18.7. The van der Waals surface area contributed by atoms with Gasteiger partial charge in [-0.2, -0.15) is 0 Å². The lowest BCUT2D eigenvalue weighted by atomic mass is 10.1. The van der Waals surface area contributed by atoms with E-state index < -0.39 is 0 Å². The van der Waals surface area contributed by atoms with Gasteiger partial charge in [-0.05, 0) is 37.8 Å². The molecular formula is C20H25N3O2S. The molecule has 2 aromatic rings. The highest BCUT2D eigenvalue weighted by molar-refractivity contribution is 7.99. The molecular weight excluding hydrogens is 346 g/mol. The van der Waals surface area contributed by atoms with Gasteiger partial charge in [0.2, 0.25) is 5.91 Å². The molecule has 6 heteroatoms. The second-order valence-electron chi connectivity index (χ2n) is 7.16. The number of fused-ring (bicyclic) bond motifs is 1. The van der Waals surface area contributed by atoms with Crippen LogP contribution in [0.5, 0.6) is 0 Å². The minimum absolute atomic E-state index is 0.0184. The summed E-state index contributed by atoms with van der Waals surface area (Å²) in [6.07, 6.45) is 2.09. The molecule has 1 atom stereocenters. The van der Waals surface area contributed by atoms with E-state index in [4.69, 9.17) is 0 Å². The number of hydrogen-bond donors (Lipinski definition) is 2. The summed E-state index contributed by atoms with van der Waals surface area (Å²) in [6.45, 7) is 6.16. The van der Waals surface area contributed by atoms with E-state index in [1.807, 2.05) is 31.2 Å². The highest BCUT2D eigenvalue weighted by Crippen LogP contribution is 2.26. The van der Waals surface area contributed by atoms with Crippen molar-refractivity contribution in [3.63, 3.8) is 0 Å². The molecule has 2 N–H and O–H groups in total. The number of hydrogen-bond acceptors (Lipinski definition) is 4. The van der Waals surface area contributed by atoms with Crippen LogP contribution in [0.4, 0.5) is 0 Å². The van der Waals surface area contributed by atoms with E-state index in [9.17, 15) is 9.59 Å². The molecule has 1 heterocycles. The van der Waals surface area contributed by atoms with E-state index >= 15 is 0 Å². The van der Waals surface area contributed by atoms with Crippen LogP contribution < -0.4 is 10.6 Å². The number of thioether (sulfide) groups is 1. The number of carbonyl (C=O) groups is 2. The predicted octanol–water partition coefficient (Wildman–Crippen LogP) is 3.38. The first-order valence-corrected chi connectivity index (χ1v) is 10.1. The van der Waals surface area contributed by atoms with Gasteiger partial charge in [-0.25, -0.2) is 4.98 Å². The Morgan fingerprint density at radius 1 is 1.23 bits per heavy atom. The van der Waals surface area contributed by atoms with Crippen LogP contribution in [0.3, 0.4) is 0 Å². The number of rotatable bonds is 7. The van der Waals surface area contributed by atoms with E-state index in [-0.39, 0.29) is 23.6 Å². The summed E-state index contributed by atoms with van der Waals surface area (Å²) >= 11 is 1.36. The Bertz CT molecular complexity index is 818. The van der Waals surface area contributed by atoms with E-state index in [0.29, 0.717) is 22.5 Å². The predicted molar refractivity (Wildman–Crippen MR) is 105 cm³/mol. The Kier molecular flexibility index (Phi) is 5.81. The maximum absolute atomic E-state index is 12.6. The van der Waals surface area contributed by atoms with Crippen LogP contribution in [0, 0.1) is 5.92 Å². The smallest absolute Gasteiger partial charge is 0.252 e. The molecule has 1 aromatic carbocycles. The zero-order valence-corrected chi connectivity index (χ0v) is 16.2. The summed E-state index contributed by atoms with van der Waals surface area (Å²) in [5, 5.41) is 7.56. The van der Waals surface area contributed by atoms with Crippen LogP contribution in [0.2, 0.25) is 0 Å². The molecule has 138 valence electrons. The van der Waals surface area contributed by atoms with Gasteiger partial charge < -0.3 is 10.6 Å². The lowest BCUT2D eigenvalue weighted by Gasteiger charge is -2.17. The van der Waals surface area contributed by atoms with Crippen LogP contribution in [-0.2, 0) is 4.79 Å². The lowest BCUT2D eigenvalue weighted by molar-refractivity contribution is -0.119. The van der Waals surface area contributed by atoms with E-state index in [0.717, 1.165) is 23.7 Å². The van der Waals surface area contributed by atoms with E-state index in [1.54, 1.807) is 6.07 Å². The van der Waals surface area contributed by atoms with Crippen molar-refractivity contribution >= 4 is 34.5 Å². The van der Waals surface area contributed by atoms with Crippen molar-refractivity contribution in [3.8, 4) is 0 Å². The van der Waals surface area contributed by atoms with Gasteiger partial charge in [0, 0.05) is 17.5 Å². The molecule has 1 saturated carbocycles. The Balaban J connectivity index is 1.75. The van der Waals surface area contributed by atoms with Crippen molar-refractivity contribution in [3.05, 3.63) is 35.9 Å². The third kappa shape index (κ3) is 4.75. The van der Waals surface area contributed by atoms with Gasteiger partial charge in [-0.15, -0.1) is 0 Å². The largest absolute Gasteiger partial charge is 0.353 e. The third-order valence-corrected chi connectivity index (χ3v) is 5.50. The molecule has 1 aliphatic carbocycles. The lowest BCUT2D eigenvalue weighted by Crippen LogP contribution is -2.37. The van der Waals surface area contributed by atoms with Crippen LogP contribution >= 0.6 is 11.8 Å². The van der Waals surface area contributed by atoms with Gasteiger partial charge in [0.15, 0.2) is 0 Å². The maximum Gasteiger partial charge on any atom is 0.252 e. The average Bonchev–Trinajstić information content (AvgIpc) is 3.43. The standard InChI is InChI=1S/C20H25N3O2S/c1-12(2)13(3)21-18(24)11-26-19-10-16(20(25)22-14-8-9-14)15-6-4-5-7-17(15)23-19/h4-7,10,12-14H,8-9,11H2,1-3H3,(H,21,24)(H,22,25). The van der Waals surface area contributed by atoms with E-state index in [1.165, 1.54) is 11.8 Å². The molecule has 3 rings (SSSR count). The summed E-state index contributed by atoms with van der Waals surface area (Å²) < 4.78 is 0. The zero-order valence-electron chi connectivity index (χ0n) is 15.4. The van der Waals surface area contributed by atoms with Gasteiger partial charge in [0.1, 0.15) is 0 Å². The van der Waals surface area contributed by atoms with Crippen molar-refractivity contribution in [1.82, 2.24) is 15.6 Å². The Labute approximate surface area is 158 Å². The molecule has 0 saturated heterocycles. The number of benzene rings is 1. The van der Waals surface area contributed by atoms with Gasteiger partial charge >= 0.3 is 0 Å². The Morgan fingerprint density at radius 3 is 2.65 bits per heavy atom. The summed E-state index contributed by atoms with van der Waals surface area (Å²) in [4.78, 5) is 29.3. The molecule has 1 aliphatic rings. The highest BCUT2D eigenvalue weighted by Gasteiger charge is 2.25. The molecule has 5 nitrogen and oxygen atoms in total. The highest BCUT2D eigenvalue weighted by atomic mass is 32.2. The first-order chi connectivity index (χ1) is 12.4. The third-order valence-electron chi connectivity index (χ3n) is 4.59. The van der Waals surface area contributed by atoms with Crippen LogP contribution in [0.25, 0.3) is 10.9 Å². The molecule has 0 spiro atoms. The fraction of sp³-hybridized carbons (Fsp3) is 0.450. The summed E-state index contributed by atoms with van der Waals surface area (Å²) in [5.41, 5.74) is 1.40. The second kappa shape index (κ2) is 8.08. The van der Waals surface area contributed by atoms with Gasteiger partial charge in [-0.1, -0.05) is 43.8 Å². The monoisotopic (exact) mass is 371 g/mol. The quantitative estimate of drug-likeness (QED) is 0.732. The fourth-order valence-corrected chi connectivity index (χ4v) is 3.23. The van der Waals surface area contributed by atoms with Crippen molar-refractivity contribution in [2.24, 2.45) is 5.92 Å². The molecule has 26 heavy (non-hydrogen) atoms. The number of para-hydroxylation sites is 1. The van der Waals surface area contributed by atoms with Crippen LogP contribution in [-0.4, -0.2) is 34.6 Å². The number of aromatic nitrogens is 1. The summed E-state index contributed by atoms with van der Waals surface area (Å²) in [7, 11) is 0. The number of nitrogens with zero attached hydrogens (tertiary/aromatic N) is 1. The van der Waals surface area contributed by atoms with Gasteiger partial charge in [0.25, 0.3) is 5.91 Å². The fourth-order valence-electron chi connectivity index (χ4n) is 2.51. The normalized spacial score (nSPS) is 15.1. The molecule has 0 radical (unpaired) electrons. The van der Waals surface area contributed by atoms with Gasteiger partial charge in [0.05, 0.1) is 21.9 Å². The van der Waals surface area contributed by atoms with Crippen molar-refractivity contribution in [2.75, 3.05) is 5.75 Å². The molecule has 1 aromatic heterocycles. The second-order valence-corrected chi connectivity index (χ2v) is 8.16. The topological polar surface area (TPSA) is 71.1 Å². The Morgan fingerprint density at radius 2 is 1.96 bits per heavy atom. The van der Waals surface area contributed by atoms with Gasteiger partial charge in [-0.3, -0.25) is 9.59 Å². The molecule has 1 unspecified atom stereocenters. The number of nitrogens with one attached hydrogen (secondary N) is 2. The minimum Gasteiger partial charge on any atom is -0.353 e. The first kappa shape index (κ1) is 18.7. The number of carbonyl (C=O) groups excluding carboxylic acids is 2. The first-order valence-electron chi connectivity index (χ1n) is 9.07. The summed E-state index contributed by atoms with van der Waals surface area (Å²) in [5.74, 6) is 0.591. The molecule has 2 amide bonds. The minimum atomic E-state index is -0.0640. The molecule has 0 aliphatic heterocycles. The number of pyridine rings is 1. The van der Waals surface area contributed by atoms with Crippen LogP contribution in [0.15, 0.2) is 35.4 Å². The Hall–Kier alpha value is -2.08. The van der Waals surface area contributed by atoms with Crippen molar-refractivity contribution < 1.29 is 9.59 Å². The van der Waals surface area contributed by atoms with Crippen LogP contribution in [0.1, 0.15) is 44.0 Å². The molecule has 0 bridgehead atoms. The molecule has 1 fully saturated rings. The van der Waals surface area contributed by atoms with E-state index in [2.05, 4.69) is 29.5 Å². The number of amides is 2.